The predicted octanol–water partition coefficient (Wildman–Crippen LogP) is 0.928. The van der Waals surface area contributed by atoms with Crippen LogP contribution in [0.2, 0.25) is 0 Å². The number of carbonyl (C=O) groups is 1. The van der Waals surface area contributed by atoms with Gasteiger partial charge in [-0.15, -0.1) is 0 Å². The van der Waals surface area contributed by atoms with Crippen LogP contribution in [-0.2, 0) is 0 Å². The van der Waals surface area contributed by atoms with E-state index in [0.29, 0.717) is 11.7 Å². The summed E-state index contributed by atoms with van der Waals surface area (Å²) in [4.78, 5) is 14.6. The number of carbonyl (C=O) groups excluding carboxylic acids is 1. The number of hydrogen-bond acceptors (Lipinski definition) is 3. The fraction of sp³-hybridized carbons (Fsp3) is 0.333. The van der Waals surface area contributed by atoms with Gasteiger partial charge >= 0.3 is 0 Å². The molecule has 3 nitrogen and oxygen atoms in total. The van der Waals surface area contributed by atoms with Crippen LogP contribution in [0.25, 0.3) is 0 Å². The maximum absolute atomic E-state index is 10.4. The number of nitrogens with one attached hydrogen (secondary N) is 1. The molecule has 0 bridgehead atoms. The van der Waals surface area contributed by atoms with Crippen LogP contribution < -0.4 is 5.32 Å². The molecule has 2 heterocycles. The third-order valence-corrected chi connectivity index (χ3v) is 2.09. The molecule has 1 aliphatic rings. The van der Waals surface area contributed by atoms with Crippen LogP contribution >= 0.6 is 0 Å². The molecule has 0 aromatic carbocycles. The zero-order chi connectivity index (χ0) is 8.39. The lowest BCUT2D eigenvalue weighted by molar-refractivity contribution is 0.111. The molecule has 0 amide bonds. The molecule has 1 atom stereocenters. The fourth-order valence-electron chi connectivity index (χ4n) is 1.27. The highest BCUT2D eigenvalue weighted by Crippen LogP contribution is 2.20. The van der Waals surface area contributed by atoms with E-state index in [1.165, 1.54) is 0 Å². The third kappa shape index (κ3) is 1.23. The molecule has 0 saturated carbocycles. The van der Waals surface area contributed by atoms with Gasteiger partial charge in [-0.3, -0.25) is 4.79 Å². The highest BCUT2D eigenvalue weighted by atomic mass is 16.1. The lowest BCUT2D eigenvalue weighted by Gasteiger charge is -2.26. The van der Waals surface area contributed by atoms with Gasteiger partial charge in [0, 0.05) is 0 Å². The summed E-state index contributed by atoms with van der Waals surface area (Å²) < 4.78 is 0. The Hall–Kier alpha value is -1.22. The molecular weight excluding hydrogens is 152 g/mol. The van der Waals surface area contributed by atoms with Crippen molar-refractivity contribution in [1.82, 2.24) is 10.3 Å². The number of rotatable bonds is 2. The van der Waals surface area contributed by atoms with E-state index in [4.69, 9.17) is 0 Å². The minimum absolute atomic E-state index is 0.366. The topological polar surface area (TPSA) is 42.0 Å². The van der Waals surface area contributed by atoms with E-state index in [-0.39, 0.29) is 0 Å². The molecule has 12 heavy (non-hydrogen) atoms. The van der Waals surface area contributed by atoms with Crippen LogP contribution in [0.15, 0.2) is 18.2 Å². The zero-order valence-electron chi connectivity index (χ0n) is 6.66. The molecule has 0 radical (unpaired) electrons. The number of hydrogen-bond donors (Lipinski definition) is 1. The Balaban J connectivity index is 2.25. The first-order chi connectivity index (χ1) is 5.90. The van der Waals surface area contributed by atoms with Crippen LogP contribution in [0.5, 0.6) is 0 Å². The Morgan fingerprint density at radius 2 is 2.42 bits per heavy atom. The second-order valence-electron chi connectivity index (χ2n) is 2.90. The zero-order valence-corrected chi connectivity index (χ0v) is 6.66. The van der Waals surface area contributed by atoms with Gasteiger partial charge in [0.2, 0.25) is 0 Å². The second-order valence-corrected chi connectivity index (χ2v) is 2.90. The Morgan fingerprint density at radius 1 is 1.58 bits per heavy atom. The molecule has 1 saturated heterocycles. The average molecular weight is 162 g/mol. The van der Waals surface area contributed by atoms with Gasteiger partial charge in [0.05, 0.1) is 11.7 Å². The predicted molar refractivity (Wildman–Crippen MR) is 45.0 cm³/mol. The average Bonchev–Trinajstić information content (AvgIpc) is 2.02. The Morgan fingerprint density at radius 3 is 3.00 bits per heavy atom. The molecule has 1 aromatic heterocycles. The summed E-state index contributed by atoms with van der Waals surface area (Å²) in [6.45, 7) is 1.05. The lowest BCUT2D eigenvalue weighted by Crippen LogP contribution is -2.35. The number of pyridine rings is 1. The van der Waals surface area contributed by atoms with Crippen molar-refractivity contribution in [2.24, 2.45) is 0 Å². The van der Waals surface area contributed by atoms with E-state index in [1.54, 1.807) is 6.07 Å². The molecule has 62 valence electrons. The summed E-state index contributed by atoms with van der Waals surface area (Å²) in [6.07, 6.45) is 1.90. The Labute approximate surface area is 70.8 Å². The molecule has 1 fully saturated rings. The molecule has 2 rings (SSSR count). The van der Waals surface area contributed by atoms with Gasteiger partial charge in [0.1, 0.15) is 5.69 Å². The fourth-order valence-corrected chi connectivity index (χ4v) is 1.27. The molecular formula is C9H10N2O. The SMILES string of the molecule is O=Cc1cccc([C@H]2CCN2)n1. The highest BCUT2D eigenvalue weighted by molar-refractivity contribution is 5.71. The summed E-state index contributed by atoms with van der Waals surface area (Å²) in [5, 5.41) is 3.23. The normalized spacial score (nSPS) is 21.5. The van der Waals surface area contributed by atoms with Gasteiger partial charge in [0.15, 0.2) is 6.29 Å². The molecule has 1 N–H and O–H groups in total. The van der Waals surface area contributed by atoms with Gasteiger partial charge in [-0.1, -0.05) is 6.07 Å². The smallest absolute Gasteiger partial charge is 0.168 e. The number of aromatic nitrogens is 1. The van der Waals surface area contributed by atoms with Crippen molar-refractivity contribution >= 4 is 6.29 Å². The Kier molecular flexibility index (Phi) is 1.87. The Bertz CT molecular complexity index is 294. The van der Waals surface area contributed by atoms with Crippen molar-refractivity contribution in [3.63, 3.8) is 0 Å². The van der Waals surface area contributed by atoms with Crippen molar-refractivity contribution in [2.75, 3.05) is 6.54 Å². The van der Waals surface area contributed by atoms with E-state index in [2.05, 4.69) is 10.3 Å². The molecule has 3 heteroatoms. The minimum Gasteiger partial charge on any atom is -0.309 e. The summed E-state index contributed by atoms with van der Waals surface area (Å²) in [6, 6.07) is 5.90. The summed E-state index contributed by atoms with van der Waals surface area (Å²) >= 11 is 0. The number of aldehydes is 1. The largest absolute Gasteiger partial charge is 0.309 e. The van der Waals surface area contributed by atoms with Gasteiger partial charge in [-0.2, -0.15) is 0 Å². The maximum atomic E-state index is 10.4. The minimum atomic E-state index is 0.366. The summed E-state index contributed by atoms with van der Waals surface area (Å²) in [5.41, 5.74) is 1.49. The van der Waals surface area contributed by atoms with Crippen LogP contribution in [-0.4, -0.2) is 17.8 Å². The number of nitrogens with zero attached hydrogens (tertiary/aromatic N) is 1. The van der Waals surface area contributed by atoms with Crippen molar-refractivity contribution in [2.45, 2.75) is 12.5 Å². The van der Waals surface area contributed by atoms with E-state index in [1.807, 2.05) is 12.1 Å². The lowest BCUT2D eigenvalue weighted by atomic mass is 10.0. The van der Waals surface area contributed by atoms with Gasteiger partial charge in [0.25, 0.3) is 0 Å². The van der Waals surface area contributed by atoms with Crippen LogP contribution in [0.3, 0.4) is 0 Å². The molecule has 0 spiro atoms. The van der Waals surface area contributed by atoms with Crippen molar-refractivity contribution in [1.29, 1.82) is 0 Å². The first-order valence-electron chi connectivity index (χ1n) is 4.05. The third-order valence-electron chi connectivity index (χ3n) is 2.09. The van der Waals surface area contributed by atoms with Crippen molar-refractivity contribution in [3.8, 4) is 0 Å². The first kappa shape index (κ1) is 7.43. The van der Waals surface area contributed by atoms with E-state index in [9.17, 15) is 4.79 Å². The molecule has 0 unspecified atom stereocenters. The quantitative estimate of drug-likeness (QED) is 0.658. The van der Waals surface area contributed by atoms with Gasteiger partial charge in [-0.05, 0) is 25.1 Å². The standard InChI is InChI=1S/C9H10N2O/c12-6-7-2-1-3-9(11-7)8-4-5-10-8/h1-3,6,8,10H,4-5H2/t8-/m1/s1. The van der Waals surface area contributed by atoms with Crippen molar-refractivity contribution in [3.05, 3.63) is 29.6 Å². The molecule has 0 aliphatic carbocycles. The van der Waals surface area contributed by atoms with E-state index < -0.39 is 0 Å². The van der Waals surface area contributed by atoms with Crippen LogP contribution in [0.1, 0.15) is 28.6 Å². The van der Waals surface area contributed by atoms with Gasteiger partial charge in [-0.25, -0.2) is 4.98 Å². The van der Waals surface area contributed by atoms with E-state index in [0.717, 1.165) is 24.9 Å². The first-order valence-corrected chi connectivity index (χ1v) is 4.05. The molecule has 1 aromatic rings. The van der Waals surface area contributed by atoms with Gasteiger partial charge < -0.3 is 5.32 Å². The maximum Gasteiger partial charge on any atom is 0.168 e. The summed E-state index contributed by atoms with van der Waals surface area (Å²) in [7, 11) is 0. The molecule has 1 aliphatic heterocycles. The van der Waals surface area contributed by atoms with Crippen LogP contribution in [0.4, 0.5) is 0 Å². The van der Waals surface area contributed by atoms with E-state index >= 15 is 0 Å². The second kappa shape index (κ2) is 3.03. The van der Waals surface area contributed by atoms with Crippen molar-refractivity contribution < 1.29 is 4.79 Å². The highest BCUT2D eigenvalue weighted by Gasteiger charge is 2.19. The van der Waals surface area contributed by atoms with Crippen LogP contribution in [0, 0.1) is 0 Å². The summed E-state index contributed by atoms with van der Waals surface area (Å²) in [5.74, 6) is 0. The monoisotopic (exact) mass is 162 g/mol.